The first-order chi connectivity index (χ1) is 52.8. The fraction of sp³-hybridized carbons (Fsp3) is 0.277. The molecule has 0 aliphatic heterocycles. The molecule has 0 N–H and O–H groups in total. The van der Waals surface area contributed by atoms with Gasteiger partial charge in [0.1, 0.15) is 28.2 Å². The van der Waals surface area contributed by atoms with E-state index >= 15 is 0 Å². The minimum Gasteiger partial charge on any atom is -0.201 e. The molecule has 0 saturated carbocycles. The fourth-order valence-corrected chi connectivity index (χ4v) is 13.4. The Kier molecular flexibility index (Phi) is 18.4. The third-order valence-corrected chi connectivity index (χ3v) is 18.9. The highest BCUT2D eigenvalue weighted by molar-refractivity contribution is 5.80. The average Bonchev–Trinajstić information content (AvgIpc) is 0.756. The van der Waals surface area contributed by atoms with Gasteiger partial charge in [-0.1, -0.05) is 187 Å². The highest BCUT2D eigenvalue weighted by atomic mass is 14.9. The monoisotopic (exact) mass is 1310 g/mol. The van der Waals surface area contributed by atoms with E-state index in [0.717, 1.165) is 41.5 Å². The maximum absolute atomic E-state index is 8.29. The Morgan fingerprint density at radius 1 is 0.245 bits per heavy atom. The Morgan fingerprint density at radius 3 is 0.837 bits per heavy atom. The summed E-state index contributed by atoms with van der Waals surface area (Å²) in [5, 5.41) is 0. The van der Waals surface area contributed by atoms with Gasteiger partial charge in [0.2, 0.25) is 22.8 Å². The summed E-state index contributed by atoms with van der Waals surface area (Å²) in [7, 11) is 7.80. The van der Waals surface area contributed by atoms with Crippen LogP contribution in [-0.4, -0.2) is 0 Å². The van der Waals surface area contributed by atoms with Crippen LogP contribution < -0.4 is 18.3 Å². The van der Waals surface area contributed by atoms with E-state index < -0.39 is 39.7 Å². The molecule has 8 aromatic carbocycles. The smallest absolute Gasteiger partial charge is 0.201 e. The van der Waals surface area contributed by atoms with Gasteiger partial charge in [0.15, 0.2) is 24.8 Å². The second kappa shape index (κ2) is 33.1. The fourth-order valence-electron chi connectivity index (χ4n) is 13.4. The van der Waals surface area contributed by atoms with Crippen molar-refractivity contribution in [3.63, 3.8) is 0 Å². The van der Waals surface area contributed by atoms with Crippen LogP contribution in [0.25, 0.3) is 89.5 Å². The van der Waals surface area contributed by atoms with E-state index in [0.29, 0.717) is 33.6 Å². The minimum atomic E-state index is -2.47. The number of benzene rings is 8. The van der Waals surface area contributed by atoms with Crippen LogP contribution >= 0.6 is 0 Å². The van der Waals surface area contributed by atoms with Gasteiger partial charge in [-0.05, 0) is 243 Å². The van der Waals surface area contributed by atoms with E-state index in [1.807, 2.05) is 73.7 Å². The third-order valence-electron chi connectivity index (χ3n) is 18.9. The Labute approximate surface area is 610 Å². The normalized spacial score (nSPS) is 14.0. The Morgan fingerprint density at radius 2 is 0.510 bits per heavy atom. The van der Waals surface area contributed by atoms with E-state index in [1.165, 1.54) is 116 Å². The first-order valence-corrected chi connectivity index (χ1v) is 34.1. The SMILES string of the molecule is CCc1cc(-c2cc(-c3ccccc3)c(C)cc2C)[n+](C)cc1C.CCc1cc(-c2cc(-c3ccccc3)c(C)cc2C)[n+](C)cc1CC.[2H]C([2H])([2H])c1cc(C)c(-c2cc(C([2H])([2H])C)c(C([2H])([2H])C)c[n+]2C)cc1-c1ccccc1.[2H]C([2H])([2H])c1cc(C)c(-c2cc(C([2H])([2H])C)c(C([2H])([2H])[2H])c[n+]2C)cc1-c1ccccc1. The number of rotatable bonds is 14. The molecular weight excluding hydrogens is 1190 g/mol. The molecule has 98 heavy (non-hydrogen) atoms. The van der Waals surface area contributed by atoms with Gasteiger partial charge in [-0.2, -0.15) is 0 Å². The van der Waals surface area contributed by atoms with Crippen molar-refractivity contribution in [1.29, 1.82) is 0 Å². The molecule has 4 heterocycles. The molecular formula is C94H108N4+4. The number of aryl methyl sites for hydroxylation is 20. The number of aromatic nitrogens is 4. The zero-order valence-corrected chi connectivity index (χ0v) is 60.7. The quantitative estimate of drug-likeness (QED) is 0.0965. The van der Waals surface area contributed by atoms with E-state index in [4.69, 9.17) is 20.6 Å². The van der Waals surface area contributed by atoms with E-state index in [1.54, 1.807) is 66.7 Å². The largest absolute Gasteiger partial charge is 0.212 e. The van der Waals surface area contributed by atoms with Gasteiger partial charge in [-0.15, -0.1) is 0 Å². The summed E-state index contributed by atoms with van der Waals surface area (Å²) < 4.78 is 129. The summed E-state index contributed by atoms with van der Waals surface area (Å²) in [6.07, 6.45) is 5.50. The highest BCUT2D eigenvalue weighted by Gasteiger charge is 2.23. The van der Waals surface area contributed by atoms with Gasteiger partial charge in [0.25, 0.3) is 0 Å². The summed E-state index contributed by atoms with van der Waals surface area (Å²) in [5.74, 6) is 0. The van der Waals surface area contributed by atoms with Crippen molar-refractivity contribution in [3.05, 3.63) is 308 Å². The molecule has 4 aromatic heterocycles. The van der Waals surface area contributed by atoms with Crippen molar-refractivity contribution in [2.45, 2.75) is 149 Å². The summed E-state index contributed by atoms with van der Waals surface area (Å²) in [6, 6.07) is 64.2. The van der Waals surface area contributed by atoms with Crippen molar-refractivity contribution in [2.24, 2.45) is 28.2 Å². The van der Waals surface area contributed by atoms with Gasteiger partial charge in [-0.3, -0.25) is 0 Å². The van der Waals surface area contributed by atoms with Crippen molar-refractivity contribution in [1.82, 2.24) is 0 Å². The maximum atomic E-state index is 8.29. The van der Waals surface area contributed by atoms with Crippen molar-refractivity contribution >= 4 is 0 Å². The predicted molar refractivity (Wildman–Crippen MR) is 418 cm³/mol. The molecule has 0 spiro atoms. The van der Waals surface area contributed by atoms with Crippen LogP contribution in [0, 0.1) is 69.0 Å². The number of nitrogens with zero attached hydrogens (tertiary/aromatic N) is 4. The zero-order chi connectivity index (χ0) is 83.4. The van der Waals surface area contributed by atoms with Crippen LogP contribution in [0.5, 0.6) is 0 Å². The van der Waals surface area contributed by atoms with E-state index in [2.05, 4.69) is 188 Å². The third kappa shape index (κ3) is 16.7. The van der Waals surface area contributed by atoms with Crippen LogP contribution in [0.3, 0.4) is 0 Å². The zero-order valence-electron chi connectivity index (χ0n) is 75.7. The molecule has 0 aliphatic carbocycles. The first kappa shape index (κ1) is 54.4. The summed E-state index contributed by atoms with van der Waals surface area (Å²) >= 11 is 0. The summed E-state index contributed by atoms with van der Waals surface area (Å²) in [6.45, 7) is 18.5. The lowest BCUT2D eigenvalue weighted by Crippen LogP contribution is -2.32. The molecule has 12 rings (SSSR count). The Bertz CT molecular complexity index is 5210. The first-order valence-electron chi connectivity index (χ1n) is 41.6. The summed E-state index contributed by atoms with van der Waals surface area (Å²) in [5.41, 5.74) is 29.4. The molecule has 0 aliphatic rings. The number of hydrogen-bond acceptors (Lipinski definition) is 0. The van der Waals surface area contributed by atoms with Crippen LogP contribution in [0.1, 0.15) is 151 Å². The molecule has 0 atom stereocenters. The van der Waals surface area contributed by atoms with Gasteiger partial charge in [0, 0.05) is 89.3 Å². The second-order valence-corrected chi connectivity index (χ2v) is 25.7. The van der Waals surface area contributed by atoms with Gasteiger partial charge < -0.3 is 0 Å². The lowest BCUT2D eigenvalue weighted by molar-refractivity contribution is -0.661. The van der Waals surface area contributed by atoms with Crippen molar-refractivity contribution in [2.75, 3.05) is 0 Å². The molecule has 12 aromatic rings. The average molecular weight is 1310 g/mol. The van der Waals surface area contributed by atoms with Gasteiger partial charge >= 0.3 is 0 Å². The molecule has 0 saturated heterocycles. The molecule has 0 amide bonds. The van der Waals surface area contributed by atoms with Crippen LogP contribution in [-0.2, 0) is 66.6 Å². The predicted octanol–water partition coefficient (Wildman–Crippen LogP) is 21.8. The van der Waals surface area contributed by atoms with Crippen LogP contribution in [0.4, 0.5) is 0 Å². The standard InChI is InChI=1S/2C24H28N.2C23H26N/c2*1-6-19-14-24(25(5)16-20(19)7-2)23-15-22(17(3)13-18(23)4)21-11-9-8-10-12-21;2*1-6-19-13-23(24(5)15-18(19)4)22-14-21(16(2)12-17(22)3)20-10-8-7-9-11-20/h2*8-16H,6-7H2,1-5H3;2*7-15H,6H2,1-5H3/q4*+1/i3D3,6D2,7D2;;2D3,4D3,6D2;. The minimum absolute atomic E-state index is 0.0451. The molecule has 4 heteroatoms. The molecule has 4 nitrogen and oxygen atoms in total. The number of hydrogen-bond donors (Lipinski definition) is 0. The van der Waals surface area contributed by atoms with Crippen molar-refractivity contribution in [3.8, 4) is 89.5 Å². The molecule has 500 valence electrons. The second-order valence-electron chi connectivity index (χ2n) is 25.7. The topological polar surface area (TPSA) is 15.5 Å². The van der Waals surface area contributed by atoms with Crippen LogP contribution in [0.2, 0.25) is 0 Å². The highest BCUT2D eigenvalue weighted by Crippen LogP contribution is 2.37. The Hall–Kier alpha value is -9.64. The van der Waals surface area contributed by atoms with Gasteiger partial charge in [-0.25, -0.2) is 18.3 Å². The van der Waals surface area contributed by atoms with Gasteiger partial charge in [0.05, 0.1) is 0 Å². The number of pyridine rings is 4. The molecule has 0 unspecified atom stereocenters. The molecule has 0 fully saturated rings. The van der Waals surface area contributed by atoms with E-state index in [-0.39, 0.29) is 33.4 Å². The maximum Gasteiger partial charge on any atom is 0.212 e. The van der Waals surface area contributed by atoms with E-state index in [9.17, 15) is 0 Å². The Balaban J connectivity index is 0.000000174. The lowest BCUT2D eigenvalue weighted by atomic mass is 9.92. The van der Waals surface area contributed by atoms with Crippen LogP contribution in [0.15, 0.2) is 219 Å². The molecule has 0 bridgehead atoms. The summed E-state index contributed by atoms with van der Waals surface area (Å²) in [4.78, 5) is 0. The lowest BCUT2D eigenvalue weighted by Gasteiger charge is -2.13. The van der Waals surface area contributed by atoms with Crippen molar-refractivity contribution < 1.29 is 38.8 Å². The molecule has 0 radical (unpaired) electrons.